The number of imide groups is 1. The van der Waals surface area contributed by atoms with Crippen LogP contribution in [0.5, 0.6) is 0 Å². The molecule has 21 heavy (non-hydrogen) atoms. The monoisotopic (exact) mass is 301 g/mol. The van der Waals surface area contributed by atoms with Crippen molar-refractivity contribution < 1.29 is 9.59 Å². The number of fused-ring (bicyclic) bond motifs is 2. The number of nitrogen functional groups attached to an aromatic ring is 1. The van der Waals surface area contributed by atoms with Gasteiger partial charge in [-0.15, -0.1) is 0 Å². The minimum absolute atomic E-state index is 0.0725. The second-order valence-corrected chi connectivity index (χ2v) is 6.74. The van der Waals surface area contributed by atoms with Gasteiger partial charge in [0.1, 0.15) is 0 Å². The summed E-state index contributed by atoms with van der Waals surface area (Å²) in [7, 11) is 0. The molecule has 1 aliphatic carbocycles. The summed E-state index contributed by atoms with van der Waals surface area (Å²) >= 11 is 1.35. The Balaban J connectivity index is 1.77. The smallest absolute Gasteiger partial charge is 0.239 e. The second-order valence-electron chi connectivity index (χ2n) is 5.73. The van der Waals surface area contributed by atoms with Crippen molar-refractivity contribution in [1.82, 2.24) is 4.98 Å². The van der Waals surface area contributed by atoms with Crippen LogP contribution < -0.4 is 10.6 Å². The first-order valence-corrected chi connectivity index (χ1v) is 8.00. The molecule has 1 aliphatic heterocycles. The third-order valence-corrected chi connectivity index (χ3v) is 5.44. The van der Waals surface area contributed by atoms with Gasteiger partial charge in [0.15, 0.2) is 5.13 Å². The van der Waals surface area contributed by atoms with Crippen LogP contribution in [-0.2, 0) is 9.59 Å². The minimum Gasteiger partial charge on any atom is -0.399 e. The van der Waals surface area contributed by atoms with Gasteiger partial charge in [-0.3, -0.25) is 9.59 Å². The normalized spacial score (nSPS) is 25.6. The lowest BCUT2D eigenvalue weighted by molar-refractivity contribution is -0.122. The molecule has 1 saturated carbocycles. The van der Waals surface area contributed by atoms with Gasteiger partial charge >= 0.3 is 0 Å². The summed E-state index contributed by atoms with van der Waals surface area (Å²) in [4.78, 5) is 30.8. The standard InChI is InChI=1S/C15H15N3O2S/c16-8-5-6-11-12(7-8)21-15(17-11)18-13(19)9-3-1-2-4-10(9)14(18)20/h5-7,9-10H,1-4,16H2. The molecule has 108 valence electrons. The zero-order valence-electron chi connectivity index (χ0n) is 11.4. The van der Waals surface area contributed by atoms with Crippen molar-refractivity contribution in [3.8, 4) is 0 Å². The summed E-state index contributed by atoms with van der Waals surface area (Å²) in [6, 6.07) is 5.43. The van der Waals surface area contributed by atoms with Crippen LogP contribution in [0.1, 0.15) is 25.7 Å². The molecule has 2 aromatic rings. The third-order valence-electron chi connectivity index (χ3n) is 4.43. The predicted molar refractivity (Wildman–Crippen MR) is 82.0 cm³/mol. The summed E-state index contributed by atoms with van der Waals surface area (Å²) in [5.41, 5.74) is 7.20. The maximum atomic E-state index is 12.5. The molecule has 2 aliphatic rings. The van der Waals surface area contributed by atoms with Crippen molar-refractivity contribution in [2.24, 2.45) is 11.8 Å². The van der Waals surface area contributed by atoms with E-state index < -0.39 is 0 Å². The van der Waals surface area contributed by atoms with Crippen LogP contribution in [0.4, 0.5) is 10.8 Å². The maximum Gasteiger partial charge on any atom is 0.239 e. The van der Waals surface area contributed by atoms with E-state index in [4.69, 9.17) is 5.73 Å². The van der Waals surface area contributed by atoms with Crippen LogP contribution in [0.15, 0.2) is 18.2 Å². The first kappa shape index (κ1) is 12.8. The molecule has 5 nitrogen and oxygen atoms in total. The van der Waals surface area contributed by atoms with E-state index in [1.54, 1.807) is 6.07 Å². The number of benzene rings is 1. The van der Waals surface area contributed by atoms with Crippen molar-refractivity contribution in [2.75, 3.05) is 10.6 Å². The molecule has 0 bridgehead atoms. The van der Waals surface area contributed by atoms with Crippen LogP contribution in [0.2, 0.25) is 0 Å². The Hall–Kier alpha value is -1.95. The van der Waals surface area contributed by atoms with Crippen LogP contribution in [0.3, 0.4) is 0 Å². The fourth-order valence-corrected chi connectivity index (χ4v) is 4.40. The Morgan fingerprint density at radius 1 is 1.14 bits per heavy atom. The number of thiazole rings is 1. The van der Waals surface area contributed by atoms with E-state index in [9.17, 15) is 9.59 Å². The molecule has 1 aromatic carbocycles. The summed E-state index contributed by atoms with van der Waals surface area (Å²) < 4.78 is 0.903. The zero-order chi connectivity index (χ0) is 14.6. The molecule has 2 N–H and O–H groups in total. The van der Waals surface area contributed by atoms with Crippen LogP contribution in [0, 0.1) is 11.8 Å². The van der Waals surface area contributed by atoms with E-state index in [1.165, 1.54) is 16.2 Å². The van der Waals surface area contributed by atoms with E-state index in [0.29, 0.717) is 10.8 Å². The highest BCUT2D eigenvalue weighted by Gasteiger charge is 2.49. The number of rotatable bonds is 1. The van der Waals surface area contributed by atoms with E-state index >= 15 is 0 Å². The average Bonchev–Trinajstić information content (AvgIpc) is 2.99. The third kappa shape index (κ3) is 1.86. The Morgan fingerprint density at radius 3 is 2.48 bits per heavy atom. The fourth-order valence-electron chi connectivity index (χ4n) is 3.38. The number of anilines is 2. The molecular weight excluding hydrogens is 286 g/mol. The highest BCUT2D eigenvalue weighted by Crippen LogP contribution is 2.42. The van der Waals surface area contributed by atoms with Crippen molar-refractivity contribution in [3.63, 3.8) is 0 Å². The van der Waals surface area contributed by atoms with Crippen molar-refractivity contribution in [3.05, 3.63) is 18.2 Å². The van der Waals surface area contributed by atoms with Gasteiger partial charge < -0.3 is 5.73 Å². The Labute approximate surface area is 125 Å². The highest BCUT2D eigenvalue weighted by molar-refractivity contribution is 7.22. The number of carbonyl (C=O) groups excluding carboxylic acids is 2. The number of hydrogen-bond donors (Lipinski definition) is 1. The number of nitrogens with zero attached hydrogens (tertiary/aromatic N) is 2. The molecule has 1 saturated heterocycles. The van der Waals surface area contributed by atoms with Gasteiger partial charge in [-0.2, -0.15) is 0 Å². The van der Waals surface area contributed by atoms with Gasteiger partial charge in [-0.05, 0) is 31.0 Å². The minimum atomic E-state index is -0.136. The molecule has 1 aromatic heterocycles. The van der Waals surface area contributed by atoms with Gasteiger partial charge in [-0.25, -0.2) is 9.88 Å². The van der Waals surface area contributed by atoms with Crippen molar-refractivity contribution in [2.45, 2.75) is 25.7 Å². The molecule has 0 radical (unpaired) electrons. The quantitative estimate of drug-likeness (QED) is 0.648. The summed E-state index contributed by atoms with van der Waals surface area (Å²) in [6.45, 7) is 0. The SMILES string of the molecule is Nc1ccc2nc(N3C(=O)C4CCCCC4C3=O)sc2c1. The molecule has 2 heterocycles. The predicted octanol–water partition coefficient (Wildman–Crippen LogP) is 2.56. The first-order valence-electron chi connectivity index (χ1n) is 7.19. The van der Waals surface area contributed by atoms with E-state index in [1.807, 2.05) is 12.1 Å². The highest BCUT2D eigenvalue weighted by atomic mass is 32.1. The number of aromatic nitrogens is 1. The van der Waals surface area contributed by atoms with Crippen molar-refractivity contribution in [1.29, 1.82) is 0 Å². The molecule has 2 unspecified atom stereocenters. The largest absolute Gasteiger partial charge is 0.399 e. The van der Waals surface area contributed by atoms with Gasteiger partial charge in [-0.1, -0.05) is 24.2 Å². The molecule has 4 rings (SSSR count). The summed E-state index contributed by atoms with van der Waals surface area (Å²) in [5, 5.41) is 0.486. The van der Waals surface area contributed by atoms with Gasteiger partial charge in [0.2, 0.25) is 11.8 Å². The van der Waals surface area contributed by atoms with Gasteiger partial charge in [0, 0.05) is 5.69 Å². The molecule has 2 amide bonds. The zero-order valence-corrected chi connectivity index (χ0v) is 12.2. The van der Waals surface area contributed by atoms with Crippen molar-refractivity contribution >= 4 is 44.2 Å². The first-order chi connectivity index (χ1) is 10.1. The fraction of sp³-hybridized carbons (Fsp3) is 0.400. The number of hydrogen-bond acceptors (Lipinski definition) is 5. The summed E-state index contributed by atoms with van der Waals surface area (Å²) in [5.74, 6) is -0.417. The second kappa shape index (κ2) is 4.53. The van der Waals surface area contributed by atoms with Gasteiger partial charge in [0.05, 0.1) is 22.1 Å². The molecular formula is C15H15N3O2S. The Bertz CT molecular complexity index is 730. The summed E-state index contributed by atoms with van der Waals surface area (Å²) in [6.07, 6.45) is 3.71. The number of amides is 2. The lowest BCUT2D eigenvalue weighted by Gasteiger charge is -2.19. The van der Waals surface area contributed by atoms with E-state index in [-0.39, 0.29) is 23.7 Å². The maximum absolute atomic E-state index is 12.5. The topological polar surface area (TPSA) is 76.3 Å². The molecule has 6 heteroatoms. The molecule has 2 atom stereocenters. The molecule has 0 spiro atoms. The van der Waals surface area contributed by atoms with E-state index in [2.05, 4.69) is 4.98 Å². The Kier molecular flexibility index (Phi) is 2.75. The van der Waals surface area contributed by atoms with Crippen LogP contribution in [0.25, 0.3) is 10.2 Å². The van der Waals surface area contributed by atoms with Crippen LogP contribution in [-0.4, -0.2) is 16.8 Å². The lowest BCUT2D eigenvalue weighted by Crippen LogP contribution is -2.30. The lowest BCUT2D eigenvalue weighted by atomic mass is 9.81. The Morgan fingerprint density at radius 2 is 1.81 bits per heavy atom. The van der Waals surface area contributed by atoms with Crippen LogP contribution >= 0.6 is 11.3 Å². The average molecular weight is 301 g/mol. The van der Waals surface area contributed by atoms with E-state index in [0.717, 1.165) is 35.9 Å². The number of carbonyl (C=O) groups is 2. The molecule has 2 fully saturated rings. The van der Waals surface area contributed by atoms with Gasteiger partial charge in [0.25, 0.3) is 0 Å². The number of nitrogens with two attached hydrogens (primary N) is 1.